The Morgan fingerprint density at radius 1 is 1.08 bits per heavy atom. The highest BCUT2D eigenvalue weighted by Gasteiger charge is 2.15. The molecule has 6 heteroatoms. The van der Waals surface area contributed by atoms with E-state index >= 15 is 0 Å². The molecule has 0 aliphatic rings. The number of nitrogens with one attached hydrogen (secondary N) is 1. The van der Waals surface area contributed by atoms with Crippen LogP contribution < -0.4 is 10.1 Å². The molecule has 1 unspecified atom stereocenters. The first kappa shape index (κ1) is 18.8. The van der Waals surface area contributed by atoms with E-state index in [4.69, 9.17) is 9.47 Å². The minimum absolute atomic E-state index is 0.139. The Bertz CT molecular complexity index is 653. The third kappa shape index (κ3) is 5.77. The summed E-state index contributed by atoms with van der Waals surface area (Å²) >= 11 is 0. The predicted octanol–water partition coefficient (Wildman–Crippen LogP) is 2.54. The van der Waals surface area contributed by atoms with Crippen molar-refractivity contribution in [1.29, 1.82) is 0 Å². The third-order valence-electron chi connectivity index (χ3n) is 3.66. The van der Waals surface area contributed by atoms with E-state index in [1.807, 2.05) is 30.3 Å². The number of hydrogen-bond donors (Lipinski definition) is 3. The van der Waals surface area contributed by atoms with Crippen LogP contribution in [0, 0.1) is 0 Å². The van der Waals surface area contributed by atoms with Crippen LogP contribution >= 0.6 is 0 Å². The van der Waals surface area contributed by atoms with Crippen LogP contribution in [0.4, 0.5) is 4.79 Å². The summed E-state index contributed by atoms with van der Waals surface area (Å²) in [4.78, 5) is 11.2. The monoisotopic (exact) mass is 345 g/mol. The maximum absolute atomic E-state index is 11.2. The van der Waals surface area contributed by atoms with Gasteiger partial charge >= 0.3 is 6.09 Å². The van der Waals surface area contributed by atoms with Crippen LogP contribution in [0.25, 0.3) is 0 Å². The zero-order chi connectivity index (χ0) is 18.1. The lowest BCUT2D eigenvalue weighted by molar-refractivity contribution is 0.117. The predicted molar refractivity (Wildman–Crippen MR) is 93.1 cm³/mol. The molecule has 0 spiro atoms. The number of rotatable bonds is 8. The van der Waals surface area contributed by atoms with Crippen LogP contribution in [0.2, 0.25) is 0 Å². The molecule has 0 aromatic heterocycles. The van der Waals surface area contributed by atoms with Crippen molar-refractivity contribution in [1.82, 2.24) is 5.32 Å². The number of amides is 1. The van der Waals surface area contributed by atoms with Crippen LogP contribution in [-0.4, -0.2) is 30.0 Å². The van der Waals surface area contributed by atoms with Gasteiger partial charge in [-0.1, -0.05) is 36.4 Å². The Morgan fingerprint density at radius 2 is 1.72 bits per heavy atom. The van der Waals surface area contributed by atoms with Gasteiger partial charge in [0.25, 0.3) is 0 Å². The summed E-state index contributed by atoms with van der Waals surface area (Å²) in [7, 11) is 1.50. The van der Waals surface area contributed by atoms with Gasteiger partial charge < -0.3 is 25.0 Å². The van der Waals surface area contributed by atoms with Gasteiger partial charge in [0.05, 0.1) is 19.8 Å². The van der Waals surface area contributed by atoms with Crippen molar-refractivity contribution in [2.45, 2.75) is 25.7 Å². The second-order valence-electron chi connectivity index (χ2n) is 5.49. The van der Waals surface area contributed by atoms with Crippen molar-refractivity contribution < 1.29 is 24.5 Å². The Labute approximate surface area is 147 Å². The smallest absolute Gasteiger partial charge is 0.406 e. The minimum atomic E-state index is -0.489. The molecular weight excluding hydrogens is 322 g/mol. The summed E-state index contributed by atoms with van der Waals surface area (Å²) in [5.41, 5.74) is 2.27. The molecule has 0 saturated heterocycles. The van der Waals surface area contributed by atoms with E-state index < -0.39 is 6.09 Å². The van der Waals surface area contributed by atoms with Crippen molar-refractivity contribution >= 4 is 6.09 Å². The lowest BCUT2D eigenvalue weighted by atomic mass is 10.1. The fourth-order valence-corrected chi connectivity index (χ4v) is 2.44. The standard InChI is InChI=1S/C19H23NO5/c1-20-19(23)24-8-7-18(16-5-3-2-4-6-16)25-17-10-14(12-21)9-15(11-17)13-22/h2-6,9-11,18,21-22H,7-8,12-13H2,1H3,(H,20,23). The summed E-state index contributed by atoms with van der Waals surface area (Å²) in [5.74, 6) is 0.546. The van der Waals surface area contributed by atoms with Gasteiger partial charge in [-0.15, -0.1) is 0 Å². The highest BCUT2D eigenvalue weighted by molar-refractivity contribution is 5.66. The van der Waals surface area contributed by atoms with Crippen molar-refractivity contribution in [3.63, 3.8) is 0 Å². The molecule has 134 valence electrons. The summed E-state index contributed by atoms with van der Waals surface area (Å²) in [6, 6.07) is 14.8. The molecule has 6 nitrogen and oxygen atoms in total. The molecular formula is C19H23NO5. The normalized spacial score (nSPS) is 11.6. The van der Waals surface area contributed by atoms with Crippen LogP contribution in [0.1, 0.15) is 29.2 Å². The molecule has 25 heavy (non-hydrogen) atoms. The molecule has 0 fully saturated rings. The molecule has 1 atom stereocenters. The van der Waals surface area contributed by atoms with Crippen molar-refractivity contribution in [2.75, 3.05) is 13.7 Å². The third-order valence-corrected chi connectivity index (χ3v) is 3.66. The Morgan fingerprint density at radius 3 is 2.28 bits per heavy atom. The number of alkyl carbamates (subject to hydrolysis) is 1. The number of carbonyl (C=O) groups is 1. The molecule has 1 amide bonds. The quantitative estimate of drug-likeness (QED) is 0.684. The van der Waals surface area contributed by atoms with E-state index in [0.29, 0.717) is 23.3 Å². The van der Waals surface area contributed by atoms with Crippen LogP contribution in [-0.2, 0) is 18.0 Å². The van der Waals surface area contributed by atoms with Gasteiger partial charge in [-0.05, 0) is 28.8 Å². The molecule has 0 bridgehead atoms. The van der Waals surface area contributed by atoms with Gasteiger partial charge in [-0.3, -0.25) is 0 Å². The van der Waals surface area contributed by atoms with E-state index in [-0.39, 0.29) is 25.9 Å². The van der Waals surface area contributed by atoms with Crippen molar-refractivity contribution in [3.8, 4) is 5.75 Å². The van der Waals surface area contributed by atoms with Crippen LogP contribution in [0.3, 0.4) is 0 Å². The molecule has 0 aliphatic carbocycles. The lowest BCUT2D eigenvalue weighted by Crippen LogP contribution is -2.21. The second kappa shape index (κ2) is 9.66. The number of aliphatic hydroxyl groups excluding tert-OH is 2. The summed E-state index contributed by atoms with van der Waals surface area (Å²) in [6.45, 7) is -0.0776. The van der Waals surface area contributed by atoms with E-state index in [9.17, 15) is 15.0 Å². The molecule has 0 radical (unpaired) electrons. The van der Waals surface area contributed by atoms with E-state index in [0.717, 1.165) is 5.56 Å². The number of ether oxygens (including phenoxy) is 2. The van der Waals surface area contributed by atoms with Gasteiger partial charge in [0, 0.05) is 13.5 Å². The molecule has 0 saturated carbocycles. The molecule has 0 heterocycles. The topological polar surface area (TPSA) is 88.0 Å². The average Bonchev–Trinajstić information content (AvgIpc) is 2.67. The number of benzene rings is 2. The Kier molecular flexibility index (Phi) is 7.25. The lowest BCUT2D eigenvalue weighted by Gasteiger charge is -2.20. The van der Waals surface area contributed by atoms with Gasteiger partial charge in [0.15, 0.2) is 0 Å². The molecule has 2 rings (SSSR count). The molecule has 0 aliphatic heterocycles. The fourth-order valence-electron chi connectivity index (χ4n) is 2.44. The summed E-state index contributed by atoms with van der Waals surface area (Å²) < 4.78 is 11.1. The van der Waals surface area contributed by atoms with Gasteiger partial charge in [0.2, 0.25) is 0 Å². The molecule has 3 N–H and O–H groups in total. The van der Waals surface area contributed by atoms with E-state index in [1.54, 1.807) is 18.2 Å². The SMILES string of the molecule is CNC(=O)OCCC(Oc1cc(CO)cc(CO)c1)c1ccccc1. The minimum Gasteiger partial charge on any atom is -0.486 e. The Hall–Kier alpha value is -2.57. The van der Waals surface area contributed by atoms with Gasteiger partial charge in [-0.2, -0.15) is 0 Å². The first-order valence-electron chi connectivity index (χ1n) is 8.07. The Balaban J connectivity index is 2.16. The number of aliphatic hydroxyl groups is 2. The van der Waals surface area contributed by atoms with Crippen molar-refractivity contribution in [2.24, 2.45) is 0 Å². The molecule has 2 aromatic rings. The maximum Gasteiger partial charge on any atom is 0.406 e. The summed E-state index contributed by atoms with van der Waals surface area (Å²) in [6.07, 6.45) is -0.349. The van der Waals surface area contributed by atoms with E-state index in [2.05, 4.69) is 5.32 Å². The molecule has 2 aromatic carbocycles. The highest BCUT2D eigenvalue weighted by Crippen LogP contribution is 2.27. The second-order valence-corrected chi connectivity index (χ2v) is 5.49. The maximum atomic E-state index is 11.2. The fraction of sp³-hybridized carbons (Fsp3) is 0.316. The van der Waals surface area contributed by atoms with Gasteiger partial charge in [0.1, 0.15) is 11.9 Å². The first-order chi connectivity index (χ1) is 12.2. The van der Waals surface area contributed by atoms with Crippen LogP contribution in [0.5, 0.6) is 5.75 Å². The average molecular weight is 345 g/mol. The zero-order valence-electron chi connectivity index (χ0n) is 14.1. The van der Waals surface area contributed by atoms with Crippen LogP contribution in [0.15, 0.2) is 48.5 Å². The van der Waals surface area contributed by atoms with Crippen molar-refractivity contribution in [3.05, 3.63) is 65.2 Å². The highest BCUT2D eigenvalue weighted by atomic mass is 16.5. The largest absolute Gasteiger partial charge is 0.486 e. The summed E-state index contributed by atoms with van der Waals surface area (Å²) in [5, 5.41) is 21.1. The zero-order valence-corrected chi connectivity index (χ0v) is 14.1. The number of carbonyl (C=O) groups excluding carboxylic acids is 1. The number of hydrogen-bond acceptors (Lipinski definition) is 5. The first-order valence-corrected chi connectivity index (χ1v) is 8.07. The van der Waals surface area contributed by atoms with E-state index in [1.165, 1.54) is 7.05 Å². The van der Waals surface area contributed by atoms with Gasteiger partial charge in [-0.25, -0.2) is 4.79 Å².